The molecule has 0 aliphatic carbocycles. The first-order chi connectivity index (χ1) is 5.65. The van der Waals surface area contributed by atoms with Gasteiger partial charge in [0.1, 0.15) is 0 Å². The number of hydrogen-bond donors (Lipinski definition) is 1. The van der Waals surface area contributed by atoms with Crippen molar-refractivity contribution in [2.24, 2.45) is 0 Å². The van der Waals surface area contributed by atoms with Crippen LogP contribution in [-0.4, -0.2) is 10.6 Å². The summed E-state index contributed by atoms with van der Waals surface area (Å²) in [6.07, 6.45) is 1.25. The topological polar surface area (TPSA) is 34.0 Å². The van der Waals surface area contributed by atoms with E-state index < -0.39 is 0 Å². The van der Waals surface area contributed by atoms with Crippen LogP contribution in [0.2, 0.25) is 0 Å². The van der Waals surface area contributed by atoms with Gasteiger partial charge in [0, 0.05) is 11.4 Å². The summed E-state index contributed by atoms with van der Waals surface area (Å²) in [5, 5.41) is 0. The van der Waals surface area contributed by atoms with E-state index in [9.17, 15) is 4.79 Å². The standard InChI is InChI=1S/C9H12N2O/c1-4-9(12)10-11-7(2)5-6-8(11)3/h4-6H,1H2,2-3H3,(H,10,12). The number of rotatable bonds is 2. The minimum absolute atomic E-state index is 0.197. The highest BCUT2D eigenvalue weighted by molar-refractivity contribution is 5.93. The van der Waals surface area contributed by atoms with Crippen LogP contribution in [0.15, 0.2) is 24.8 Å². The number of nitrogens with zero attached hydrogens (tertiary/aromatic N) is 1. The van der Waals surface area contributed by atoms with E-state index in [1.54, 1.807) is 4.68 Å². The molecule has 1 aromatic rings. The molecule has 1 N–H and O–H groups in total. The van der Waals surface area contributed by atoms with Crippen LogP contribution in [0.4, 0.5) is 0 Å². The lowest BCUT2D eigenvalue weighted by Crippen LogP contribution is -2.22. The number of hydrogen-bond acceptors (Lipinski definition) is 1. The van der Waals surface area contributed by atoms with Gasteiger partial charge in [0.2, 0.25) is 0 Å². The Morgan fingerprint density at radius 3 is 2.42 bits per heavy atom. The molecule has 0 atom stereocenters. The molecule has 0 bridgehead atoms. The number of carbonyl (C=O) groups is 1. The molecule has 3 nitrogen and oxygen atoms in total. The van der Waals surface area contributed by atoms with Crippen molar-refractivity contribution in [3.05, 3.63) is 36.2 Å². The molecule has 0 saturated heterocycles. The smallest absolute Gasteiger partial charge is 0.262 e. The number of nitrogens with one attached hydrogen (secondary N) is 1. The van der Waals surface area contributed by atoms with Crippen molar-refractivity contribution in [2.75, 3.05) is 5.43 Å². The molecular weight excluding hydrogens is 152 g/mol. The van der Waals surface area contributed by atoms with Crippen LogP contribution in [0, 0.1) is 13.8 Å². The van der Waals surface area contributed by atoms with Crippen molar-refractivity contribution >= 4 is 5.91 Å². The van der Waals surface area contributed by atoms with Crippen LogP contribution >= 0.6 is 0 Å². The van der Waals surface area contributed by atoms with E-state index in [2.05, 4.69) is 12.0 Å². The Hall–Kier alpha value is -1.51. The minimum Gasteiger partial charge on any atom is -0.268 e. The highest BCUT2D eigenvalue weighted by Crippen LogP contribution is 2.03. The molecule has 0 radical (unpaired) electrons. The van der Waals surface area contributed by atoms with Crippen LogP contribution < -0.4 is 5.43 Å². The van der Waals surface area contributed by atoms with Gasteiger partial charge in [-0.3, -0.25) is 14.9 Å². The number of aromatic nitrogens is 1. The Balaban J connectivity index is 2.87. The monoisotopic (exact) mass is 164 g/mol. The highest BCUT2D eigenvalue weighted by atomic mass is 16.2. The third-order valence-corrected chi connectivity index (χ3v) is 1.68. The molecule has 1 heterocycles. The molecule has 0 fully saturated rings. The summed E-state index contributed by atoms with van der Waals surface area (Å²) in [7, 11) is 0. The minimum atomic E-state index is -0.197. The summed E-state index contributed by atoms with van der Waals surface area (Å²) >= 11 is 0. The van der Waals surface area contributed by atoms with Gasteiger partial charge in [-0.1, -0.05) is 6.58 Å². The van der Waals surface area contributed by atoms with Gasteiger partial charge in [0.15, 0.2) is 0 Å². The van der Waals surface area contributed by atoms with Crippen molar-refractivity contribution in [3.8, 4) is 0 Å². The predicted octanol–water partition coefficient (Wildman–Crippen LogP) is 1.36. The Bertz CT molecular complexity index is 293. The van der Waals surface area contributed by atoms with E-state index in [-0.39, 0.29) is 5.91 Å². The van der Waals surface area contributed by atoms with Crippen molar-refractivity contribution in [2.45, 2.75) is 13.8 Å². The van der Waals surface area contributed by atoms with Gasteiger partial charge < -0.3 is 0 Å². The van der Waals surface area contributed by atoms with E-state index in [0.717, 1.165) is 11.4 Å². The SMILES string of the molecule is C=CC(=O)Nn1c(C)ccc1C. The van der Waals surface area contributed by atoms with E-state index in [4.69, 9.17) is 0 Å². The fourth-order valence-corrected chi connectivity index (χ4v) is 1.00. The third-order valence-electron chi connectivity index (χ3n) is 1.68. The molecule has 0 aliphatic heterocycles. The Labute approximate surface area is 71.7 Å². The maximum atomic E-state index is 10.9. The average Bonchev–Trinajstić information content (AvgIpc) is 2.35. The van der Waals surface area contributed by atoms with Gasteiger partial charge in [-0.05, 0) is 32.1 Å². The molecule has 1 amide bonds. The lowest BCUT2D eigenvalue weighted by molar-refractivity contribution is -0.112. The van der Waals surface area contributed by atoms with Crippen molar-refractivity contribution in [3.63, 3.8) is 0 Å². The van der Waals surface area contributed by atoms with Crippen LogP contribution in [0.25, 0.3) is 0 Å². The summed E-state index contributed by atoms with van der Waals surface area (Å²) in [5.74, 6) is -0.197. The summed E-state index contributed by atoms with van der Waals surface area (Å²) in [5.41, 5.74) is 4.67. The lowest BCUT2D eigenvalue weighted by Gasteiger charge is -2.08. The van der Waals surface area contributed by atoms with Crippen molar-refractivity contribution in [1.82, 2.24) is 4.68 Å². The first kappa shape index (κ1) is 8.59. The molecule has 0 aliphatic rings. The van der Waals surface area contributed by atoms with Crippen LogP contribution in [0.3, 0.4) is 0 Å². The highest BCUT2D eigenvalue weighted by Gasteiger charge is 2.01. The third kappa shape index (κ3) is 1.56. The molecular formula is C9H12N2O. The van der Waals surface area contributed by atoms with Crippen LogP contribution in [0.5, 0.6) is 0 Å². The van der Waals surface area contributed by atoms with Gasteiger partial charge in [-0.2, -0.15) is 0 Å². The van der Waals surface area contributed by atoms with E-state index in [1.165, 1.54) is 6.08 Å². The number of carbonyl (C=O) groups excluding carboxylic acids is 1. The normalized spacial score (nSPS) is 9.50. The fourth-order valence-electron chi connectivity index (χ4n) is 1.00. The molecule has 0 unspecified atom stereocenters. The zero-order valence-corrected chi connectivity index (χ0v) is 7.29. The molecule has 1 rings (SSSR count). The van der Waals surface area contributed by atoms with E-state index in [1.807, 2.05) is 26.0 Å². The number of amides is 1. The first-order valence-electron chi connectivity index (χ1n) is 3.73. The first-order valence-corrected chi connectivity index (χ1v) is 3.73. The molecule has 0 aromatic carbocycles. The molecule has 0 spiro atoms. The lowest BCUT2D eigenvalue weighted by atomic mass is 10.5. The average molecular weight is 164 g/mol. The van der Waals surface area contributed by atoms with Crippen molar-refractivity contribution in [1.29, 1.82) is 0 Å². The van der Waals surface area contributed by atoms with E-state index in [0.29, 0.717) is 0 Å². The molecule has 1 aromatic heterocycles. The van der Waals surface area contributed by atoms with Crippen LogP contribution in [0.1, 0.15) is 11.4 Å². The van der Waals surface area contributed by atoms with E-state index >= 15 is 0 Å². The zero-order chi connectivity index (χ0) is 9.14. The second-order valence-electron chi connectivity index (χ2n) is 2.63. The predicted molar refractivity (Wildman–Crippen MR) is 48.5 cm³/mol. The summed E-state index contributed by atoms with van der Waals surface area (Å²) in [6.45, 7) is 7.23. The van der Waals surface area contributed by atoms with Crippen molar-refractivity contribution < 1.29 is 4.79 Å². The van der Waals surface area contributed by atoms with Gasteiger partial charge >= 0.3 is 0 Å². The Morgan fingerprint density at radius 1 is 1.50 bits per heavy atom. The summed E-state index contributed by atoms with van der Waals surface area (Å²) in [4.78, 5) is 10.9. The second kappa shape index (κ2) is 3.26. The molecule has 64 valence electrons. The fraction of sp³-hybridized carbons (Fsp3) is 0.222. The Kier molecular flexibility index (Phi) is 2.33. The van der Waals surface area contributed by atoms with Gasteiger partial charge in [-0.25, -0.2) is 0 Å². The quantitative estimate of drug-likeness (QED) is 0.658. The maximum absolute atomic E-state index is 10.9. The Morgan fingerprint density at radius 2 is 2.00 bits per heavy atom. The second-order valence-corrected chi connectivity index (χ2v) is 2.63. The summed E-state index contributed by atoms with van der Waals surface area (Å²) < 4.78 is 1.73. The molecule has 3 heteroatoms. The summed E-state index contributed by atoms with van der Waals surface area (Å²) in [6, 6.07) is 3.89. The maximum Gasteiger partial charge on any atom is 0.262 e. The van der Waals surface area contributed by atoms with Gasteiger partial charge in [0.25, 0.3) is 5.91 Å². The largest absolute Gasteiger partial charge is 0.268 e. The molecule has 12 heavy (non-hydrogen) atoms. The molecule has 0 saturated carbocycles. The van der Waals surface area contributed by atoms with Crippen LogP contribution in [-0.2, 0) is 4.79 Å². The van der Waals surface area contributed by atoms with Gasteiger partial charge in [-0.15, -0.1) is 0 Å². The zero-order valence-electron chi connectivity index (χ0n) is 7.29. The number of aryl methyl sites for hydroxylation is 2. The van der Waals surface area contributed by atoms with Gasteiger partial charge in [0.05, 0.1) is 0 Å².